The van der Waals surface area contributed by atoms with Gasteiger partial charge < -0.3 is 19.5 Å². The summed E-state index contributed by atoms with van der Waals surface area (Å²) >= 11 is 0. The molecule has 4 rings (SSSR count). The van der Waals surface area contributed by atoms with Crippen LogP contribution in [-0.2, 0) is 0 Å². The lowest BCUT2D eigenvalue weighted by atomic mass is 10.0. The third-order valence-electron chi connectivity index (χ3n) is 3.93. The SMILES string of the molecule is Cc1cc(C)c2c(c1)NCC(c1ccc3c(c1)OCO3)O2. The Morgan fingerprint density at radius 1 is 1.05 bits per heavy atom. The van der Waals surface area contributed by atoms with Crippen molar-refractivity contribution in [2.45, 2.75) is 20.0 Å². The zero-order chi connectivity index (χ0) is 14.4. The fourth-order valence-electron chi connectivity index (χ4n) is 2.93. The minimum absolute atomic E-state index is 0.0200. The maximum Gasteiger partial charge on any atom is 0.231 e. The van der Waals surface area contributed by atoms with Crippen LogP contribution in [-0.4, -0.2) is 13.3 Å². The molecule has 0 spiro atoms. The topological polar surface area (TPSA) is 39.7 Å². The van der Waals surface area contributed by atoms with E-state index in [0.717, 1.165) is 40.6 Å². The minimum Gasteiger partial charge on any atom is -0.481 e. The second-order valence-electron chi connectivity index (χ2n) is 5.56. The van der Waals surface area contributed by atoms with Crippen LogP contribution in [0, 0.1) is 13.8 Å². The van der Waals surface area contributed by atoms with Crippen molar-refractivity contribution in [3.05, 3.63) is 47.0 Å². The van der Waals surface area contributed by atoms with E-state index in [1.807, 2.05) is 18.2 Å². The molecule has 0 aromatic heterocycles. The number of ether oxygens (including phenoxy) is 3. The highest BCUT2D eigenvalue weighted by molar-refractivity contribution is 5.63. The Morgan fingerprint density at radius 3 is 2.81 bits per heavy atom. The molecule has 4 nitrogen and oxygen atoms in total. The number of hydrogen-bond donors (Lipinski definition) is 1. The Labute approximate surface area is 123 Å². The zero-order valence-electron chi connectivity index (χ0n) is 12.1. The summed E-state index contributed by atoms with van der Waals surface area (Å²) in [7, 11) is 0. The van der Waals surface area contributed by atoms with Crippen molar-refractivity contribution in [2.24, 2.45) is 0 Å². The third kappa shape index (κ3) is 2.07. The summed E-state index contributed by atoms with van der Waals surface area (Å²) < 4.78 is 17.0. The number of fused-ring (bicyclic) bond motifs is 2. The summed E-state index contributed by atoms with van der Waals surface area (Å²) in [6.07, 6.45) is -0.0200. The fourth-order valence-corrected chi connectivity index (χ4v) is 2.93. The highest BCUT2D eigenvalue weighted by Gasteiger charge is 2.24. The van der Waals surface area contributed by atoms with Gasteiger partial charge >= 0.3 is 0 Å². The first-order chi connectivity index (χ1) is 10.2. The van der Waals surface area contributed by atoms with Crippen molar-refractivity contribution in [3.8, 4) is 17.2 Å². The lowest BCUT2D eigenvalue weighted by Crippen LogP contribution is -2.24. The molecular formula is C17H17NO3. The minimum atomic E-state index is -0.0200. The van der Waals surface area contributed by atoms with Crippen LogP contribution in [0.3, 0.4) is 0 Å². The molecule has 0 amide bonds. The summed E-state index contributed by atoms with van der Waals surface area (Å²) in [6, 6.07) is 10.2. The predicted octanol–water partition coefficient (Wildman–Crippen LogP) is 3.58. The predicted molar refractivity (Wildman–Crippen MR) is 80.3 cm³/mol. The van der Waals surface area contributed by atoms with Gasteiger partial charge in [-0.2, -0.15) is 0 Å². The van der Waals surface area contributed by atoms with Crippen molar-refractivity contribution in [1.82, 2.24) is 0 Å². The van der Waals surface area contributed by atoms with Crippen LogP contribution in [0.15, 0.2) is 30.3 Å². The number of aryl methyl sites for hydroxylation is 2. The van der Waals surface area contributed by atoms with Crippen molar-refractivity contribution < 1.29 is 14.2 Å². The molecule has 4 heteroatoms. The van der Waals surface area contributed by atoms with E-state index >= 15 is 0 Å². The standard InChI is InChI=1S/C17H17NO3/c1-10-5-11(2)17-13(6-10)18-8-16(21-17)12-3-4-14-15(7-12)20-9-19-14/h3-7,16,18H,8-9H2,1-2H3. The van der Waals surface area contributed by atoms with Gasteiger partial charge in [0.15, 0.2) is 11.5 Å². The van der Waals surface area contributed by atoms with E-state index in [9.17, 15) is 0 Å². The average molecular weight is 283 g/mol. The molecule has 2 aliphatic rings. The number of anilines is 1. The van der Waals surface area contributed by atoms with Crippen molar-refractivity contribution in [1.29, 1.82) is 0 Å². The lowest BCUT2D eigenvalue weighted by Gasteiger charge is -2.29. The Kier molecular flexibility index (Phi) is 2.70. The molecule has 0 radical (unpaired) electrons. The van der Waals surface area contributed by atoms with E-state index < -0.39 is 0 Å². The molecule has 1 atom stereocenters. The zero-order valence-corrected chi connectivity index (χ0v) is 12.1. The average Bonchev–Trinajstić information content (AvgIpc) is 2.94. The maximum atomic E-state index is 6.20. The van der Waals surface area contributed by atoms with Gasteiger partial charge in [-0.25, -0.2) is 0 Å². The molecule has 0 saturated heterocycles. The van der Waals surface area contributed by atoms with Gasteiger partial charge in [-0.1, -0.05) is 12.1 Å². The van der Waals surface area contributed by atoms with E-state index in [1.165, 1.54) is 5.56 Å². The van der Waals surface area contributed by atoms with Crippen molar-refractivity contribution in [3.63, 3.8) is 0 Å². The lowest BCUT2D eigenvalue weighted by molar-refractivity contribution is 0.173. The van der Waals surface area contributed by atoms with E-state index in [2.05, 4.69) is 31.3 Å². The second-order valence-corrected chi connectivity index (χ2v) is 5.56. The van der Waals surface area contributed by atoms with Crippen molar-refractivity contribution >= 4 is 5.69 Å². The van der Waals surface area contributed by atoms with Crippen LogP contribution >= 0.6 is 0 Å². The van der Waals surface area contributed by atoms with E-state index in [-0.39, 0.29) is 6.10 Å². The summed E-state index contributed by atoms with van der Waals surface area (Å²) in [5.74, 6) is 2.53. The van der Waals surface area contributed by atoms with Gasteiger partial charge in [0.05, 0.1) is 12.2 Å². The molecule has 0 fully saturated rings. The van der Waals surface area contributed by atoms with Crippen LogP contribution < -0.4 is 19.5 Å². The van der Waals surface area contributed by atoms with E-state index in [0.29, 0.717) is 6.79 Å². The van der Waals surface area contributed by atoms with Gasteiger partial charge in [-0.15, -0.1) is 0 Å². The number of nitrogens with one attached hydrogen (secondary N) is 1. The molecule has 0 bridgehead atoms. The highest BCUT2D eigenvalue weighted by Crippen LogP contribution is 2.40. The molecule has 108 valence electrons. The Hall–Kier alpha value is -2.36. The van der Waals surface area contributed by atoms with Crippen molar-refractivity contribution in [2.75, 3.05) is 18.7 Å². The normalized spacial score (nSPS) is 18.7. The molecular weight excluding hydrogens is 266 g/mol. The molecule has 2 aromatic rings. The third-order valence-corrected chi connectivity index (χ3v) is 3.93. The molecule has 2 aliphatic heterocycles. The Balaban J connectivity index is 1.66. The molecule has 2 heterocycles. The second kappa shape index (κ2) is 4.58. The molecule has 21 heavy (non-hydrogen) atoms. The summed E-state index contributed by atoms with van der Waals surface area (Å²) in [6.45, 7) is 5.22. The van der Waals surface area contributed by atoms with Crippen LogP contribution in [0.1, 0.15) is 22.8 Å². The fraction of sp³-hybridized carbons (Fsp3) is 0.294. The molecule has 1 unspecified atom stereocenters. The van der Waals surface area contributed by atoms with Gasteiger partial charge in [0.25, 0.3) is 0 Å². The summed E-state index contributed by atoms with van der Waals surface area (Å²) in [5.41, 5.74) is 4.56. The maximum absolute atomic E-state index is 6.20. The van der Waals surface area contributed by atoms with Gasteiger partial charge in [0, 0.05) is 0 Å². The van der Waals surface area contributed by atoms with Crippen LogP contribution in [0.5, 0.6) is 17.2 Å². The molecule has 0 saturated carbocycles. The number of hydrogen-bond acceptors (Lipinski definition) is 4. The van der Waals surface area contributed by atoms with Crippen LogP contribution in [0.2, 0.25) is 0 Å². The van der Waals surface area contributed by atoms with Gasteiger partial charge in [0.2, 0.25) is 6.79 Å². The molecule has 1 N–H and O–H groups in total. The molecule has 2 aromatic carbocycles. The van der Waals surface area contributed by atoms with E-state index in [4.69, 9.17) is 14.2 Å². The Bertz CT molecular complexity index is 711. The molecule has 0 aliphatic carbocycles. The van der Waals surface area contributed by atoms with E-state index in [1.54, 1.807) is 0 Å². The first-order valence-electron chi connectivity index (χ1n) is 7.12. The smallest absolute Gasteiger partial charge is 0.231 e. The van der Waals surface area contributed by atoms with Gasteiger partial charge in [-0.3, -0.25) is 0 Å². The first kappa shape index (κ1) is 12.4. The quantitative estimate of drug-likeness (QED) is 0.868. The summed E-state index contributed by atoms with van der Waals surface area (Å²) in [4.78, 5) is 0. The highest BCUT2D eigenvalue weighted by atomic mass is 16.7. The largest absolute Gasteiger partial charge is 0.481 e. The van der Waals surface area contributed by atoms with Crippen LogP contribution in [0.25, 0.3) is 0 Å². The first-order valence-corrected chi connectivity index (χ1v) is 7.12. The van der Waals surface area contributed by atoms with Gasteiger partial charge in [0.1, 0.15) is 11.9 Å². The Morgan fingerprint density at radius 2 is 1.90 bits per heavy atom. The number of benzene rings is 2. The monoisotopic (exact) mass is 283 g/mol. The summed E-state index contributed by atoms with van der Waals surface area (Å²) in [5, 5.41) is 3.46. The van der Waals surface area contributed by atoms with Crippen LogP contribution in [0.4, 0.5) is 5.69 Å². The van der Waals surface area contributed by atoms with Gasteiger partial charge in [-0.05, 0) is 48.7 Å². The number of rotatable bonds is 1.